The lowest BCUT2D eigenvalue weighted by Gasteiger charge is -1.81. The van der Waals surface area contributed by atoms with E-state index < -0.39 is 16.0 Å². The molecular formula is C4H3NO4S2. The number of hydrogen-bond acceptors (Lipinski definition) is 4. The maximum Gasteiger partial charge on any atom is 0.281 e. The van der Waals surface area contributed by atoms with Gasteiger partial charge in [-0.05, 0) is 0 Å². The molecule has 0 radical (unpaired) electrons. The topological polar surface area (TPSA) is 80.4 Å². The molecule has 1 N–H and O–H groups in total. The molecule has 0 bridgehead atoms. The number of hydrogen-bond donors (Lipinski definition) is 1. The minimum atomic E-state index is -2.11. The number of nitrogens with zero attached hydrogens (tertiary/aromatic N) is 1. The van der Waals surface area contributed by atoms with Gasteiger partial charge in [-0.25, -0.2) is 4.21 Å². The Morgan fingerprint density at radius 3 is 2.64 bits per heavy atom. The highest BCUT2D eigenvalue weighted by Crippen LogP contribution is 2.23. The van der Waals surface area contributed by atoms with Crippen LogP contribution in [0, 0.1) is 10.1 Å². The quantitative estimate of drug-likeness (QED) is 0.435. The van der Waals surface area contributed by atoms with Crippen LogP contribution in [-0.2, 0) is 11.1 Å². The van der Waals surface area contributed by atoms with Crippen molar-refractivity contribution >= 4 is 28.1 Å². The van der Waals surface area contributed by atoms with Gasteiger partial charge in [-0.15, -0.1) is 11.3 Å². The Morgan fingerprint density at radius 1 is 1.73 bits per heavy atom. The molecule has 0 aliphatic heterocycles. The van der Waals surface area contributed by atoms with Crippen LogP contribution in [0.15, 0.2) is 15.7 Å². The van der Waals surface area contributed by atoms with Crippen LogP contribution < -0.4 is 0 Å². The van der Waals surface area contributed by atoms with Crippen molar-refractivity contribution in [3.63, 3.8) is 0 Å². The van der Waals surface area contributed by atoms with Crippen molar-refractivity contribution in [2.24, 2.45) is 0 Å². The maximum absolute atomic E-state index is 10.3. The van der Waals surface area contributed by atoms with Gasteiger partial charge in [-0.1, -0.05) is 0 Å². The molecule has 60 valence electrons. The number of thiophene rings is 1. The Morgan fingerprint density at radius 2 is 2.36 bits per heavy atom. The summed E-state index contributed by atoms with van der Waals surface area (Å²) < 4.78 is 18.9. The molecule has 0 saturated heterocycles. The Kier molecular flexibility index (Phi) is 2.32. The molecule has 1 atom stereocenters. The lowest BCUT2D eigenvalue weighted by atomic mass is 10.6. The Hall–Kier alpha value is -0.790. The first-order chi connectivity index (χ1) is 5.11. The van der Waals surface area contributed by atoms with Gasteiger partial charge >= 0.3 is 0 Å². The lowest BCUT2D eigenvalue weighted by Crippen LogP contribution is -1.84. The third kappa shape index (κ3) is 1.82. The predicted molar refractivity (Wildman–Crippen MR) is 40.0 cm³/mol. The summed E-state index contributed by atoms with van der Waals surface area (Å²) in [6.45, 7) is 0. The van der Waals surface area contributed by atoms with Crippen LogP contribution in [-0.4, -0.2) is 13.7 Å². The standard InChI is InChI=1S/C4H3NO4S2/c6-5(7)3-1-4(10-2-3)11(8)9/h1-2H,(H,8,9). The van der Waals surface area contributed by atoms with Crippen LogP contribution in [0.2, 0.25) is 0 Å². The number of rotatable bonds is 2. The van der Waals surface area contributed by atoms with E-state index in [1.54, 1.807) is 0 Å². The molecule has 1 aromatic rings. The van der Waals surface area contributed by atoms with Crippen LogP contribution in [0.4, 0.5) is 5.69 Å². The summed E-state index contributed by atoms with van der Waals surface area (Å²) in [5.74, 6) is 0. The van der Waals surface area contributed by atoms with Crippen LogP contribution in [0.3, 0.4) is 0 Å². The summed E-state index contributed by atoms with van der Waals surface area (Å²) in [4.78, 5) is 9.46. The average molecular weight is 193 g/mol. The molecule has 1 rings (SSSR count). The largest absolute Gasteiger partial charge is 0.302 e. The minimum Gasteiger partial charge on any atom is -0.302 e. The molecule has 0 aliphatic carbocycles. The molecule has 0 fully saturated rings. The molecule has 1 unspecified atom stereocenters. The molecule has 1 aromatic heterocycles. The molecule has 1 heterocycles. The van der Waals surface area contributed by atoms with Gasteiger partial charge in [0.15, 0.2) is 11.1 Å². The van der Waals surface area contributed by atoms with Crippen molar-refractivity contribution in [2.45, 2.75) is 4.21 Å². The zero-order valence-electron chi connectivity index (χ0n) is 5.09. The molecule has 0 saturated carbocycles. The van der Waals surface area contributed by atoms with Gasteiger partial charge < -0.3 is 4.55 Å². The molecule has 0 amide bonds. The summed E-state index contributed by atoms with van der Waals surface area (Å²) in [5.41, 5.74) is -0.146. The fourth-order valence-electron chi connectivity index (χ4n) is 0.495. The van der Waals surface area contributed by atoms with Gasteiger partial charge in [0.05, 0.1) is 10.3 Å². The van der Waals surface area contributed by atoms with Crippen molar-refractivity contribution in [3.8, 4) is 0 Å². The second kappa shape index (κ2) is 3.07. The molecule has 0 spiro atoms. The Balaban J connectivity index is 2.99. The normalized spacial score (nSPS) is 12.8. The van der Waals surface area contributed by atoms with Crippen LogP contribution in [0.5, 0.6) is 0 Å². The Bertz CT molecular complexity index is 278. The van der Waals surface area contributed by atoms with Crippen LogP contribution in [0.1, 0.15) is 0 Å². The van der Waals surface area contributed by atoms with E-state index in [-0.39, 0.29) is 9.90 Å². The van der Waals surface area contributed by atoms with Crippen molar-refractivity contribution in [3.05, 3.63) is 21.6 Å². The summed E-state index contributed by atoms with van der Waals surface area (Å²) in [7, 11) is 0. The monoisotopic (exact) mass is 193 g/mol. The van der Waals surface area contributed by atoms with Gasteiger partial charge in [0.1, 0.15) is 4.21 Å². The van der Waals surface area contributed by atoms with Crippen molar-refractivity contribution in [1.29, 1.82) is 0 Å². The van der Waals surface area contributed by atoms with E-state index in [4.69, 9.17) is 4.55 Å². The molecule has 5 nitrogen and oxygen atoms in total. The van der Waals surface area contributed by atoms with Crippen molar-refractivity contribution in [1.82, 2.24) is 0 Å². The van der Waals surface area contributed by atoms with Gasteiger partial charge in [0.2, 0.25) is 0 Å². The second-order valence-electron chi connectivity index (χ2n) is 1.63. The highest BCUT2D eigenvalue weighted by atomic mass is 32.2. The average Bonchev–Trinajstić information content (AvgIpc) is 2.33. The summed E-state index contributed by atoms with van der Waals surface area (Å²) in [6.07, 6.45) is 0. The molecule has 0 aliphatic rings. The predicted octanol–water partition coefficient (Wildman–Crippen LogP) is 1.24. The Labute approximate surface area is 68.1 Å². The molecular weight excluding hydrogens is 190 g/mol. The number of nitro groups is 1. The zero-order valence-corrected chi connectivity index (χ0v) is 6.72. The van der Waals surface area contributed by atoms with E-state index in [0.717, 1.165) is 17.4 Å². The maximum atomic E-state index is 10.3. The lowest BCUT2D eigenvalue weighted by molar-refractivity contribution is -0.384. The molecule has 11 heavy (non-hydrogen) atoms. The SMILES string of the molecule is O=[N+]([O-])c1csc(S(=O)O)c1. The fraction of sp³-hybridized carbons (Fsp3) is 0. The highest BCUT2D eigenvalue weighted by Gasteiger charge is 2.11. The van der Waals surface area contributed by atoms with Gasteiger partial charge in [-0.2, -0.15) is 0 Å². The smallest absolute Gasteiger partial charge is 0.281 e. The van der Waals surface area contributed by atoms with Crippen LogP contribution in [0.25, 0.3) is 0 Å². The third-order valence-electron chi connectivity index (χ3n) is 0.944. The van der Waals surface area contributed by atoms with Crippen molar-refractivity contribution in [2.75, 3.05) is 0 Å². The zero-order chi connectivity index (χ0) is 8.43. The first-order valence-corrected chi connectivity index (χ1v) is 4.43. The highest BCUT2D eigenvalue weighted by molar-refractivity contribution is 7.81. The van der Waals surface area contributed by atoms with E-state index in [0.29, 0.717) is 0 Å². The van der Waals surface area contributed by atoms with E-state index in [1.165, 1.54) is 5.38 Å². The minimum absolute atomic E-state index is 0.0942. The van der Waals surface area contributed by atoms with Crippen LogP contribution >= 0.6 is 11.3 Å². The van der Waals surface area contributed by atoms with Gasteiger partial charge in [-0.3, -0.25) is 10.1 Å². The van der Waals surface area contributed by atoms with Gasteiger partial charge in [0, 0.05) is 6.07 Å². The van der Waals surface area contributed by atoms with E-state index in [1.807, 2.05) is 0 Å². The summed E-state index contributed by atoms with van der Waals surface area (Å²) in [5, 5.41) is 11.3. The first kappa shape index (κ1) is 8.31. The fourth-order valence-corrected chi connectivity index (χ4v) is 1.77. The van der Waals surface area contributed by atoms with E-state index in [9.17, 15) is 14.3 Å². The van der Waals surface area contributed by atoms with E-state index in [2.05, 4.69) is 0 Å². The summed E-state index contributed by atoms with van der Waals surface area (Å²) in [6, 6.07) is 1.08. The van der Waals surface area contributed by atoms with Gasteiger partial charge in [0.25, 0.3) is 5.69 Å². The molecule has 0 aromatic carbocycles. The second-order valence-corrected chi connectivity index (χ2v) is 3.74. The van der Waals surface area contributed by atoms with E-state index >= 15 is 0 Å². The third-order valence-corrected chi connectivity index (χ3v) is 2.83. The first-order valence-electron chi connectivity index (χ1n) is 2.45. The molecule has 7 heteroatoms. The van der Waals surface area contributed by atoms with Crippen molar-refractivity contribution < 1.29 is 13.7 Å². The summed E-state index contributed by atoms with van der Waals surface area (Å²) >= 11 is -1.22.